The van der Waals surface area contributed by atoms with Crippen LogP contribution in [0, 0.1) is 6.92 Å². The minimum atomic E-state index is 0.825. The third-order valence-electron chi connectivity index (χ3n) is 4.87. The van der Waals surface area contributed by atoms with E-state index in [4.69, 9.17) is 4.98 Å². The van der Waals surface area contributed by atoms with Gasteiger partial charge in [-0.05, 0) is 45.4 Å². The molecule has 0 aromatic carbocycles. The van der Waals surface area contributed by atoms with E-state index >= 15 is 0 Å². The smallest absolute Gasteiger partial charge is 0.193 e. The highest BCUT2D eigenvalue weighted by Gasteiger charge is 2.16. The first-order chi connectivity index (χ1) is 12.7. The first-order valence-electron chi connectivity index (χ1n) is 9.54. The van der Waals surface area contributed by atoms with Gasteiger partial charge in [-0.1, -0.05) is 0 Å². The van der Waals surface area contributed by atoms with Gasteiger partial charge in [0.05, 0.1) is 12.2 Å². The van der Waals surface area contributed by atoms with Gasteiger partial charge < -0.3 is 14.8 Å². The molecule has 7 heteroatoms. The van der Waals surface area contributed by atoms with E-state index in [9.17, 15) is 0 Å². The van der Waals surface area contributed by atoms with Crippen LogP contribution in [-0.2, 0) is 25.9 Å². The summed E-state index contributed by atoms with van der Waals surface area (Å²) in [7, 11) is 3.94. The normalized spacial score (nSPS) is 14.3. The number of thiazole rings is 1. The van der Waals surface area contributed by atoms with E-state index in [0.29, 0.717) is 0 Å². The van der Waals surface area contributed by atoms with Crippen LogP contribution in [0.25, 0.3) is 0 Å². The molecule has 0 amide bonds. The molecule has 142 valence electrons. The van der Waals surface area contributed by atoms with Crippen LogP contribution >= 0.6 is 11.3 Å². The predicted molar refractivity (Wildman–Crippen MR) is 108 cm³/mol. The summed E-state index contributed by atoms with van der Waals surface area (Å²) >= 11 is 1.88. The van der Waals surface area contributed by atoms with Gasteiger partial charge in [-0.15, -0.1) is 11.3 Å². The van der Waals surface area contributed by atoms with E-state index in [1.54, 1.807) is 0 Å². The van der Waals surface area contributed by atoms with Gasteiger partial charge in [0.1, 0.15) is 10.8 Å². The minimum absolute atomic E-state index is 0.825. The van der Waals surface area contributed by atoms with Crippen LogP contribution < -0.4 is 5.32 Å². The lowest BCUT2D eigenvalue weighted by atomic mass is 10.0. The van der Waals surface area contributed by atoms with E-state index in [2.05, 4.69) is 31.8 Å². The summed E-state index contributed by atoms with van der Waals surface area (Å²) in [6.45, 7) is 4.82. The number of nitrogens with zero attached hydrogens (tertiary/aromatic N) is 5. The molecule has 0 unspecified atom stereocenters. The molecule has 0 radical (unpaired) electrons. The fraction of sp³-hybridized carbons (Fsp3) is 0.632. The lowest BCUT2D eigenvalue weighted by molar-refractivity contribution is 0.471. The minimum Gasteiger partial charge on any atom is -0.356 e. The second-order valence-electron chi connectivity index (χ2n) is 6.89. The van der Waals surface area contributed by atoms with Gasteiger partial charge in [0.25, 0.3) is 0 Å². The van der Waals surface area contributed by atoms with Crippen molar-refractivity contribution in [3.63, 3.8) is 0 Å². The van der Waals surface area contributed by atoms with E-state index in [1.165, 1.54) is 34.8 Å². The number of imidazole rings is 1. The van der Waals surface area contributed by atoms with Crippen molar-refractivity contribution >= 4 is 17.3 Å². The zero-order valence-corrected chi connectivity index (χ0v) is 17.0. The summed E-state index contributed by atoms with van der Waals surface area (Å²) in [5.74, 6) is 2.02. The van der Waals surface area contributed by atoms with Crippen LogP contribution in [0.4, 0.5) is 0 Å². The Morgan fingerprint density at radius 1 is 1.35 bits per heavy atom. The highest BCUT2D eigenvalue weighted by atomic mass is 32.1. The van der Waals surface area contributed by atoms with Crippen LogP contribution in [0.5, 0.6) is 0 Å². The first kappa shape index (κ1) is 18.9. The molecule has 1 aliphatic carbocycles. The second kappa shape index (κ2) is 9.16. The number of nitrogens with one attached hydrogen (secondary N) is 1. The zero-order chi connectivity index (χ0) is 18.4. The Hall–Kier alpha value is -1.89. The molecule has 3 rings (SSSR count). The monoisotopic (exact) mass is 374 g/mol. The Labute approximate surface area is 160 Å². The van der Waals surface area contributed by atoms with E-state index in [-0.39, 0.29) is 0 Å². The maximum absolute atomic E-state index is 4.84. The molecule has 0 atom stereocenters. The lowest BCUT2D eigenvalue weighted by Crippen LogP contribution is -2.38. The van der Waals surface area contributed by atoms with Gasteiger partial charge in [0.15, 0.2) is 5.96 Å². The molecule has 0 aliphatic heterocycles. The molecule has 1 aliphatic rings. The molecule has 26 heavy (non-hydrogen) atoms. The van der Waals surface area contributed by atoms with Gasteiger partial charge in [0, 0.05) is 44.5 Å². The SMILES string of the molecule is CN=C(NCCCCn1ccnc1C)N(C)Cc1nc2c(s1)CCCC2. The molecule has 2 aromatic rings. The van der Waals surface area contributed by atoms with Crippen molar-refractivity contribution in [1.29, 1.82) is 0 Å². The first-order valence-corrected chi connectivity index (χ1v) is 10.4. The van der Waals surface area contributed by atoms with Crippen molar-refractivity contribution in [2.45, 2.75) is 58.5 Å². The number of hydrogen-bond donors (Lipinski definition) is 1. The fourth-order valence-corrected chi connectivity index (χ4v) is 4.59. The third-order valence-corrected chi connectivity index (χ3v) is 6.01. The number of guanidine groups is 1. The summed E-state index contributed by atoms with van der Waals surface area (Å²) < 4.78 is 2.20. The van der Waals surface area contributed by atoms with Crippen LogP contribution in [0.3, 0.4) is 0 Å². The molecule has 1 N–H and O–H groups in total. The molecule has 0 saturated heterocycles. The molecule has 0 saturated carbocycles. The van der Waals surface area contributed by atoms with Crippen LogP contribution in [0.1, 0.15) is 47.1 Å². The second-order valence-corrected chi connectivity index (χ2v) is 8.06. The maximum atomic E-state index is 4.84. The van der Waals surface area contributed by atoms with Crippen LogP contribution in [-0.4, -0.2) is 46.0 Å². The van der Waals surface area contributed by atoms with Crippen molar-refractivity contribution in [1.82, 2.24) is 24.8 Å². The molecule has 6 nitrogen and oxygen atoms in total. The average Bonchev–Trinajstić information content (AvgIpc) is 3.23. The summed E-state index contributed by atoms with van der Waals surface area (Å²) in [5, 5.41) is 4.68. The Morgan fingerprint density at radius 2 is 2.19 bits per heavy atom. The van der Waals surface area contributed by atoms with Gasteiger partial charge in [0.2, 0.25) is 0 Å². The highest BCUT2D eigenvalue weighted by Crippen LogP contribution is 2.27. The topological polar surface area (TPSA) is 58.3 Å². The van der Waals surface area contributed by atoms with Crippen LogP contribution in [0.15, 0.2) is 17.4 Å². The standard InChI is InChI=1S/C19H30N6S/c1-15-21-11-13-25(15)12-7-6-10-22-19(20-2)24(3)14-18-23-16-8-4-5-9-17(16)26-18/h11,13H,4-10,12,14H2,1-3H3,(H,20,22). The number of aliphatic imine (C=N–C) groups is 1. The van der Waals surface area contributed by atoms with Crippen molar-refractivity contribution in [2.24, 2.45) is 4.99 Å². The molecule has 2 aromatic heterocycles. The lowest BCUT2D eigenvalue weighted by Gasteiger charge is -2.21. The molecular formula is C19H30N6S. The number of aromatic nitrogens is 3. The maximum Gasteiger partial charge on any atom is 0.193 e. The van der Waals surface area contributed by atoms with Gasteiger partial charge >= 0.3 is 0 Å². The average molecular weight is 375 g/mol. The van der Waals surface area contributed by atoms with Gasteiger partial charge in [-0.2, -0.15) is 0 Å². The quantitative estimate of drug-likeness (QED) is 0.460. The number of fused-ring (bicyclic) bond motifs is 1. The summed E-state index contributed by atoms with van der Waals surface area (Å²) in [6, 6.07) is 0. The highest BCUT2D eigenvalue weighted by molar-refractivity contribution is 7.11. The number of hydrogen-bond acceptors (Lipinski definition) is 4. The Balaban J connectivity index is 1.41. The number of unbranched alkanes of at least 4 members (excludes halogenated alkanes) is 1. The van der Waals surface area contributed by atoms with E-state index in [0.717, 1.165) is 50.7 Å². The van der Waals surface area contributed by atoms with E-state index < -0.39 is 0 Å². The van der Waals surface area contributed by atoms with Crippen LogP contribution in [0.2, 0.25) is 0 Å². The van der Waals surface area contributed by atoms with Crippen molar-refractivity contribution in [3.05, 3.63) is 33.8 Å². The third kappa shape index (κ3) is 4.84. The van der Waals surface area contributed by atoms with Crippen molar-refractivity contribution in [2.75, 3.05) is 20.6 Å². The molecule has 0 bridgehead atoms. The summed E-state index contributed by atoms with van der Waals surface area (Å²) in [5.41, 5.74) is 1.34. The predicted octanol–water partition coefficient (Wildman–Crippen LogP) is 3.01. The molecule has 0 spiro atoms. The van der Waals surface area contributed by atoms with Crippen molar-refractivity contribution < 1.29 is 0 Å². The Kier molecular flexibility index (Phi) is 6.66. The number of aryl methyl sites for hydroxylation is 4. The van der Waals surface area contributed by atoms with Gasteiger partial charge in [-0.25, -0.2) is 9.97 Å². The number of rotatable bonds is 7. The largest absolute Gasteiger partial charge is 0.356 e. The van der Waals surface area contributed by atoms with Crippen molar-refractivity contribution in [3.8, 4) is 0 Å². The molecule has 2 heterocycles. The molecular weight excluding hydrogens is 344 g/mol. The molecule has 0 fully saturated rings. The zero-order valence-electron chi connectivity index (χ0n) is 16.2. The fourth-order valence-electron chi connectivity index (χ4n) is 3.38. The summed E-state index contributed by atoms with van der Waals surface area (Å²) in [6.07, 6.45) is 11.1. The van der Waals surface area contributed by atoms with Gasteiger partial charge in [-0.3, -0.25) is 4.99 Å². The summed E-state index contributed by atoms with van der Waals surface area (Å²) in [4.78, 5) is 17.2. The van der Waals surface area contributed by atoms with E-state index in [1.807, 2.05) is 37.7 Å². The Morgan fingerprint density at radius 3 is 2.92 bits per heavy atom. The Bertz CT molecular complexity index is 709.